The third-order valence-corrected chi connectivity index (χ3v) is 1.49. The standard InChI is InChI=1S/C8H11NO2.C2H6/c1-11-8(10)5-4-7-3-2-6-9-7;1-2/h2-3,6,9H,4-5H2,1H3;1-2H3. The minimum Gasteiger partial charge on any atom is -0.469 e. The van der Waals surface area contributed by atoms with Gasteiger partial charge in [-0.3, -0.25) is 4.79 Å². The highest BCUT2D eigenvalue weighted by molar-refractivity contribution is 5.69. The Bertz CT molecular complexity index is 217. The van der Waals surface area contributed by atoms with E-state index in [0.29, 0.717) is 6.42 Å². The smallest absolute Gasteiger partial charge is 0.305 e. The molecule has 1 rings (SSSR count). The van der Waals surface area contributed by atoms with Crippen LogP contribution in [0.15, 0.2) is 18.3 Å². The van der Waals surface area contributed by atoms with E-state index in [4.69, 9.17) is 0 Å². The Kier molecular flexibility index (Phi) is 6.69. The van der Waals surface area contributed by atoms with Gasteiger partial charge in [0.15, 0.2) is 0 Å². The summed E-state index contributed by atoms with van der Waals surface area (Å²) < 4.78 is 4.50. The van der Waals surface area contributed by atoms with E-state index in [1.165, 1.54) is 7.11 Å². The van der Waals surface area contributed by atoms with Gasteiger partial charge in [0.1, 0.15) is 0 Å². The Morgan fingerprint density at radius 3 is 2.69 bits per heavy atom. The van der Waals surface area contributed by atoms with E-state index in [0.717, 1.165) is 12.1 Å². The van der Waals surface area contributed by atoms with Gasteiger partial charge in [-0.15, -0.1) is 0 Å². The van der Waals surface area contributed by atoms with Gasteiger partial charge in [-0.05, 0) is 18.6 Å². The number of ether oxygens (including phenoxy) is 1. The van der Waals surface area contributed by atoms with Crippen molar-refractivity contribution in [3.63, 3.8) is 0 Å². The Morgan fingerprint density at radius 2 is 2.23 bits per heavy atom. The lowest BCUT2D eigenvalue weighted by Gasteiger charge is -1.96. The second-order valence-electron chi connectivity index (χ2n) is 2.27. The van der Waals surface area contributed by atoms with Crippen LogP contribution in [0.1, 0.15) is 26.0 Å². The second kappa shape index (κ2) is 7.40. The maximum atomic E-state index is 10.7. The van der Waals surface area contributed by atoms with Crippen molar-refractivity contribution in [1.29, 1.82) is 0 Å². The number of rotatable bonds is 3. The summed E-state index contributed by atoms with van der Waals surface area (Å²) in [7, 11) is 1.40. The number of esters is 1. The van der Waals surface area contributed by atoms with Crippen LogP contribution in [0.25, 0.3) is 0 Å². The van der Waals surface area contributed by atoms with Crippen LogP contribution in [0.2, 0.25) is 0 Å². The van der Waals surface area contributed by atoms with Crippen molar-refractivity contribution in [2.24, 2.45) is 0 Å². The summed E-state index contributed by atoms with van der Waals surface area (Å²) >= 11 is 0. The molecule has 0 fully saturated rings. The first-order chi connectivity index (χ1) is 6.33. The van der Waals surface area contributed by atoms with Crippen LogP contribution in [0.4, 0.5) is 0 Å². The number of aromatic nitrogens is 1. The minimum absolute atomic E-state index is 0.167. The molecule has 0 unspecified atom stereocenters. The molecular weight excluding hydrogens is 166 g/mol. The number of aromatic amines is 1. The summed E-state index contributed by atoms with van der Waals surface area (Å²) in [5.74, 6) is -0.167. The zero-order chi connectivity index (χ0) is 10.1. The summed E-state index contributed by atoms with van der Waals surface area (Å²) in [5.41, 5.74) is 1.07. The number of H-pyrrole nitrogens is 1. The first-order valence-corrected chi connectivity index (χ1v) is 4.52. The third-order valence-electron chi connectivity index (χ3n) is 1.49. The fourth-order valence-corrected chi connectivity index (χ4v) is 0.862. The van der Waals surface area contributed by atoms with Gasteiger partial charge in [-0.2, -0.15) is 0 Å². The lowest BCUT2D eigenvalue weighted by atomic mass is 10.2. The average molecular weight is 183 g/mol. The predicted molar refractivity (Wildman–Crippen MR) is 52.5 cm³/mol. The molecule has 0 aliphatic carbocycles. The van der Waals surface area contributed by atoms with E-state index in [1.54, 1.807) is 0 Å². The zero-order valence-corrected chi connectivity index (χ0v) is 8.46. The maximum Gasteiger partial charge on any atom is 0.305 e. The molecule has 0 aliphatic rings. The van der Waals surface area contributed by atoms with Crippen LogP contribution in [0.5, 0.6) is 0 Å². The quantitative estimate of drug-likeness (QED) is 0.729. The lowest BCUT2D eigenvalue weighted by molar-refractivity contribution is -0.140. The minimum atomic E-state index is -0.167. The monoisotopic (exact) mass is 183 g/mol. The largest absolute Gasteiger partial charge is 0.469 e. The molecule has 0 saturated carbocycles. The molecule has 3 nitrogen and oxygen atoms in total. The number of carbonyl (C=O) groups excluding carboxylic acids is 1. The number of nitrogens with one attached hydrogen (secondary N) is 1. The topological polar surface area (TPSA) is 42.1 Å². The molecule has 0 amide bonds. The molecule has 1 heterocycles. The first-order valence-electron chi connectivity index (χ1n) is 4.52. The zero-order valence-electron chi connectivity index (χ0n) is 8.46. The van der Waals surface area contributed by atoms with Gasteiger partial charge in [0, 0.05) is 11.9 Å². The van der Waals surface area contributed by atoms with Gasteiger partial charge in [0.25, 0.3) is 0 Å². The van der Waals surface area contributed by atoms with Crippen molar-refractivity contribution >= 4 is 5.97 Å². The number of hydrogen-bond acceptors (Lipinski definition) is 2. The highest BCUT2D eigenvalue weighted by atomic mass is 16.5. The molecule has 13 heavy (non-hydrogen) atoms. The molecule has 1 aromatic heterocycles. The Hall–Kier alpha value is -1.25. The van der Waals surface area contributed by atoms with E-state index in [2.05, 4.69) is 9.72 Å². The highest BCUT2D eigenvalue weighted by Crippen LogP contribution is 1.99. The summed E-state index contributed by atoms with van der Waals surface area (Å²) in [6.45, 7) is 4.00. The van der Waals surface area contributed by atoms with E-state index >= 15 is 0 Å². The van der Waals surface area contributed by atoms with Crippen LogP contribution in [-0.2, 0) is 16.0 Å². The fraction of sp³-hybridized carbons (Fsp3) is 0.500. The van der Waals surface area contributed by atoms with Crippen LogP contribution < -0.4 is 0 Å². The lowest BCUT2D eigenvalue weighted by Crippen LogP contribution is -2.01. The molecule has 0 aromatic carbocycles. The van der Waals surface area contributed by atoms with Crippen molar-refractivity contribution in [3.05, 3.63) is 24.0 Å². The third kappa shape index (κ3) is 5.06. The van der Waals surface area contributed by atoms with Crippen molar-refractivity contribution in [2.75, 3.05) is 7.11 Å². The first kappa shape index (κ1) is 11.8. The summed E-state index contributed by atoms with van der Waals surface area (Å²) in [6.07, 6.45) is 3.00. The molecule has 3 heteroatoms. The molecule has 74 valence electrons. The van der Waals surface area contributed by atoms with Gasteiger partial charge in [-0.1, -0.05) is 13.8 Å². The van der Waals surface area contributed by atoms with Gasteiger partial charge >= 0.3 is 5.97 Å². The summed E-state index contributed by atoms with van der Waals surface area (Å²) in [6, 6.07) is 3.86. The second-order valence-corrected chi connectivity index (χ2v) is 2.27. The Morgan fingerprint density at radius 1 is 1.54 bits per heavy atom. The average Bonchev–Trinajstić information content (AvgIpc) is 2.70. The van der Waals surface area contributed by atoms with Gasteiger partial charge in [0.2, 0.25) is 0 Å². The van der Waals surface area contributed by atoms with Gasteiger partial charge < -0.3 is 9.72 Å². The Labute approximate surface area is 79.1 Å². The van der Waals surface area contributed by atoms with E-state index in [1.807, 2.05) is 32.2 Å². The van der Waals surface area contributed by atoms with Crippen LogP contribution in [0.3, 0.4) is 0 Å². The predicted octanol–water partition coefficient (Wildman–Crippen LogP) is 2.15. The summed E-state index contributed by atoms with van der Waals surface area (Å²) in [4.78, 5) is 13.7. The number of carbonyl (C=O) groups is 1. The number of hydrogen-bond donors (Lipinski definition) is 1. The van der Waals surface area contributed by atoms with Crippen LogP contribution in [0, 0.1) is 0 Å². The Balaban J connectivity index is 0.000000671. The summed E-state index contributed by atoms with van der Waals surface area (Å²) in [5, 5.41) is 0. The van der Waals surface area contributed by atoms with Crippen molar-refractivity contribution < 1.29 is 9.53 Å². The highest BCUT2D eigenvalue weighted by Gasteiger charge is 2.00. The molecule has 0 bridgehead atoms. The molecule has 0 atom stereocenters. The van der Waals surface area contributed by atoms with Gasteiger partial charge in [0.05, 0.1) is 13.5 Å². The van der Waals surface area contributed by atoms with Crippen LogP contribution in [-0.4, -0.2) is 18.1 Å². The molecule has 0 saturated heterocycles. The number of aryl methyl sites for hydroxylation is 1. The molecule has 0 radical (unpaired) electrons. The number of methoxy groups -OCH3 is 1. The van der Waals surface area contributed by atoms with Crippen molar-refractivity contribution in [1.82, 2.24) is 4.98 Å². The molecule has 1 aromatic rings. The van der Waals surface area contributed by atoms with Crippen LogP contribution >= 0.6 is 0 Å². The van der Waals surface area contributed by atoms with E-state index in [9.17, 15) is 4.79 Å². The molecule has 1 N–H and O–H groups in total. The SMILES string of the molecule is CC.COC(=O)CCc1ccc[nH]1. The maximum absolute atomic E-state index is 10.7. The fourth-order valence-electron chi connectivity index (χ4n) is 0.862. The molecular formula is C10H17NO2. The van der Waals surface area contributed by atoms with E-state index < -0.39 is 0 Å². The van der Waals surface area contributed by atoms with Gasteiger partial charge in [-0.25, -0.2) is 0 Å². The van der Waals surface area contributed by atoms with Crippen molar-refractivity contribution in [3.8, 4) is 0 Å². The molecule has 0 aliphatic heterocycles. The van der Waals surface area contributed by atoms with Crippen molar-refractivity contribution in [2.45, 2.75) is 26.7 Å². The normalized spacial score (nSPS) is 8.54. The molecule has 0 spiro atoms. The van der Waals surface area contributed by atoms with E-state index in [-0.39, 0.29) is 5.97 Å².